The summed E-state index contributed by atoms with van der Waals surface area (Å²) in [5, 5.41) is 0.688. The van der Waals surface area contributed by atoms with Crippen LogP contribution in [0, 0.1) is 6.92 Å². The summed E-state index contributed by atoms with van der Waals surface area (Å²) in [5.74, 6) is -0.278. The second-order valence-corrected chi connectivity index (χ2v) is 5.74. The molecule has 2 N–H and O–H groups in total. The summed E-state index contributed by atoms with van der Waals surface area (Å²) in [6.07, 6.45) is -3.91. The van der Waals surface area contributed by atoms with E-state index in [9.17, 15) is 13.2 Å². The summed E-state index contributed by atoms with van der Waals surface area (Å²) >= 11 is 1.46. The maximum absolute atomic E-state index is 12.2. The van der Waals surface area contributed by atoms with Gasteiger partial charge in [-0.1, -0.05) is 19.1 Å². The Labute approximate surface area is 124 Å². The molecule has 21 heavy (non-hydrogen) atoms. The van der Waals surface area contributed by atoms with Gasteiger partial charge in [-0.15, -0.1) is 24.5 Å². The van der Waals surface area contributed by atoms with E-state index in [0.717, 1.165) is 17.0 Å². The summed E-state index contributed by atoms with van der Waals surface area (Å²) in [7, 11) is 0. The molecule has 114 valence electrons. The van der Waals surface area contributed by atoms with Gasteiger partial charge >= 0.3 is 6.36 Å². The molecular weight excluding hydrogens is 301 g/mol. The van der Waals surface area contributed by atoms with E-state index >= 15 is 0 Å². The molecule has 2 aromatic rings. The van der Waals surface area contributed by atoms with Crippen LogP contribution in [0.15, 0.2) is 24.3 Å². The molecule has 3 nitrogen and oxygen atoms in total. The molecule has 0 aliphatic carbocycles. The van der Waals surface area contributed by atoms with Crippen molar-refractivity contribution >= 4 is 11.3 Å². The van der Waals surface area contributed by atoms with Crippen LogP contribution in [0.5, 0.6) is 5.75 Å². The Hall–Kier alpha value is -1.60. The highest BCUT2D eigenvalue weighted by Crippen LogP contribution is 2.30. The number of hydrogen-bond donors (Lipinski definition) is 1. The van der Waals surface area contributed by atoms with Crippen molar-refractivity contribution in [3.8, 4) is 5.75 Å². The van der Waals surface area contributed by atoms with Gasteiger partial charge in [0, 0.05) is 4.88 Å². The minimum atomic E-state index is -4.71. The molecule has 0 amide bonds. The van der Waals surface area contributed by atoms with Gasteiger partial charge in [0.25, 0.3) is 0 Å². The first-order valence-corrected chi connectivity index (χ1v) is 7.19. The normalized spacial score (nSPS) is 13.2. The summed E-state index contributed by atoms with van der Waals surface area (Å²) in [5.41, 5.74) is 7.60. The summed E-state index contributed by atoms with van der Waals surface area (Å²) in [6.45, 7) is 3.95. The zero-order valence-corrected chi connectivity index (χ0v) is 12.4. The van der Waals surface area contributed by atoms with E-state index in [2.05, 4.69) is 9.72 Å². The van der Waals surface area contributed by atoms with Gasteiger partial charge in [-0.25, -0.2) is 4.98 Å². The quantitative estimate of drug-likeness (QED) is 0.929. The van der Waals surface area contributed by atoms with Crippen LogP contribution in [0.4, 0.5) is 13.2 Å². The Balaban J connectivity index is 2.26. The Bertz CT molecular complexity index is 625. The minimum absolute atomic E-state index is 0.278. The molecule has 0 aliphatic rings. The largest absolute Gasteiger partial charge is 0.573 e. The minimum Gasteiger partial charge on any atom is -0.406 e. The van der Waals surface area contributed by atoms with Crippen molar-refractivity contribution in [3.05, 3.63) is 45.4 Å². The van der Waals surface area contributed by atoms with Gasteiger partial charge < -0.3 is 10.5 Å². The van der Waals surface area contributed by atoms with E-state index in [-0.39, 0.29) is 5.75 Å². The molecule has 0 saturated heterocycles. The van der Waals surface area contributed by atoms with Gasteiger partial charge in [-0.2, -0.15) is 0 Å². The fourth-order valence-corrected chi connectivity index (χ4v) is 3.00. The first-order chi connectivity index (χ1) is 9.80. The van der Waals surface area contributed by atoms with Gasteiger partial charge in [0.15, 0.2) is 0 Å². The predicted molar refractivity (Wildman–Crippen MR) is 75.4 cm³/mol. The number of aryl methyl sites for hydroxylation is 2. The maximum atomic E-state index is 12.2. The lowest BCUT2D eigenvalue weighted by Gasteiger charge is -2.12. The summed E-state index contributed by atoms with van der Waals surface area (Å²) in [6, 6.07) is 5.12. The molecule has 7 heteroatoms. The number of nitrogens with zero attached hydrogens (tertiary/aromatic N) is 1. The average molecular weight is 316 g/mol. The van der Waals surface area contributed by atoms with Crippen molar-refractivity contribution in [2.45, 2.75) is 32.7 Å². The number of thiazole rings is 1. The Kier molecular flexibility index (Phi) is 4.53. The maximum Gasteiger partial charge on any atom is 0.573 e. The van der Waals surface area contributed by atoms with Crippen molar-refractivity contribution < 1.29 is 17.9 Å². The zero-order valence-electron chi connectivity index (χ0n) is 11.6. The molecule has 1 unspecified atom stereocenters. The zero-order chi connectivity index (χ0) is 15.6. The average Bonchev–Trinajstić information content (AvgIpc) is 2.77. The molecule has 2 rings (SSSR count). The summed E-state index contributed by atoms with van der Waals surface area (Å²) < 4.78 is 40.6. The number of ether oxygens (including phenoxy) is 1. The fourth-order valence-electron chi connectivity index (χ4n) is 1.96. The monoisotopic (exact) mass is 316 g/mol. The lowest BCUT2D eigenvalue weighted by Crippen LogP contribution is -2.18. The predicted octanol–water partition coefficient (Wildman–Crippen LogP) is 3.96. The summed E-state index contributed by atoms with van der Waals surface area (Å²) in [4.78, 5) is 5.51. The van der Waals surface area contributed by atoms with Gasteiger partial charge in [0.2, 0.25) is 0 Å². The standard InChI is InChI=1S/C14H15F3N2OS/c1-3-11-8(2)21-13(19-11)12(18)9-5-4-6-10(7-9)20-14(15,16)17/h4-7,12H,3,18H2,1-2H3. The number of aromatic nitrogens is 1. The van der Waals surface area contributed by atoms with Gasteiger partial charge in [0.05, 0.1) is 11.7 Å². The molecule has 0 radical (unpaired) electrons. The van der Waals surface area contributed by atoms with Crippen LogP contribution in [-0.2, 0) is 6.42 Å². The smallest absolute Gasteiger partial charge is 0.406 e. The SMILES string of the molecule is CCc1nc(C(N)c2cccc(OC(F)(F)F)c2)sc1C. The Morgan fingerprint density at radius 2 is 2.10 bits per heavy atom. The molecule has 1 atom stereocenters. The first kappa shape index (κ1) is 15.8. The number of rotatable bonds is 4. The van der Waals surface area contributed by atoms with Crippen LogP contribution in [-0.4, -0.2) is 11.3 Å². The number of halogens is 3. The van der Waals surface area contributed by atoms with Crippen LogP contribution in [0.1, 0.15) is 34.1 Å². The third-order valence-corrected chi connectivity index (χ3v) is 4.06. The molecule has 0 aliphatic heterocycles. The van der Waals surface area contributed by atoms with Crippen LogP contribution < -0.4 is 10.5 Å². The highest BCUT2D eigenvalue weighted by molar-refractivity contribution is 7.11. The topological polar surface area (TPSA) is 48.1 Å². The lowest BCUT2D eigenvalue weighted by atomic mass is 10.1. The molecule has 0 spiro atoms. The van der Waals surface area contributed by atoms with Crippen molar-refractivity contribution in [1.29, 1.82) is 0 Å². The fraction of sp³-hybridized carbons (Fsp3) is 0.357. The molecular formula is C14H15F3N2OS. The van der Waals surface area contributed by atoms with Crippen LogP contribution in [0.3, 0.4) is 0 Å². The second-order valence-electron chi connectivity index (χ2n) is 4.51. The molecule has 1 aromatic carbocycles. The van der Waals surface area contributed by atoms with E-state index in [1.54, 1.807) is 6.07 Å². The third-order valence-electron chi connectivity index (χ3n) is 2.96. The number of nitrogens with two attached hydrogens (primary N) is 1. The molecule has 0 bridgehead atoms. The Morgan fingerprint density at radius 3 is 2.67 bits per heavy atom. The number of hydrogen-bond acceptors (Lipinski definition) is 4. The van der Waals surface area contributed by atoms with Gasteiger partial charge in [-0.3, -0.25) is 0 Å². The number of benzene rings is 1. The molecule has 0 fully saturated rings. The lowest BCUT2D eigenvalue weighted by molar-refractivity contribution is -0.274. The van der Waals surface area contributed by atoms with E-state index in [1.807, 2.05) is 13.8 Å². The van der Waals surface area contributed by atoms with E-state index < -0.39 is 12.4 Å². The van der Waals surface area contributed by atoms with Gasteiger partial charge in [0.1, 0.15) is 10.8 Å². The van der Waals surface area contributed by atoms with Gasteiger partial charge in [-0.05, 0) is 31.0 Å². The molecule has 0 saturated carbocycles. The molecule has 1 aromatic heterocycles. The first-order valence-electron chi connectivity index (χ1n) is 6.37. The highest BCUT2D eigenvalue weighted by Gasteiger charge is 2.31. The van der Waals surface area contributed by atoms with E-state index in [4.69, 9.17) is 5.73 Å². The second kappa shape index (κ2) is 6.03. The van der Waals surface area contributed by atoms with Crippen molar-refractivity contribution in [1.82, 2.24) is 4.98 Å². The molecule has 1 heterocycles. The van der Waals surface area contributed by atoms with Crippen molar-refractivity contribution in [2.24, 2.45) is 5.73 Å². The van der Waals surface area contributed by atoms with E-state index in [0.29, 0.717) is 10.6 Å². The van der Waals surface area contributed by atoms with Crippen molar-refractivity contribution in [2.75, 3.05) is 0 Å². The Morgan fingerprint density at radius 1 is 1.38 bits per heavy atom. The van der Waals surface area contributed by atoms with Crippen LogP contribution in [0.25, 0.3) is 0 Å². The van der Waals surface area contributed by atoms with E-state index in [1.165, 1.54) is 29.5 Å². The van der Waals surface area contributed by atoms with Crippen LogP contribution in [0.2, 0.25) is 0 Å². The number of alkyl halides is 3. The highest BCUT2D eigenvalue weighted by atomic mass is 32.1. The van der Waals surface area contributed by atoms with Crippen LogP contribution >= 0.6 is 11.3 Å². The van der Waals surface area contributed by atoms with Crippen molar-refractivity contribution in [3.63, 3.8) is 0 Å². The third kappa shape index (κ3) is 3.95.